The molecule has 0 unspecified atom stereocenters. The summed E-state index contributed by atoms with van der Waals surface area (Å²) in [5, 5.41) is 17.8. The quantitative estimate of drug-likeness (QED) is 0.752. The molecule has 0 spiro atoms. The van der Waals surface area contributed by atoms with Gasteiger partial charge in [0.2, 0.25) is 0 Å². The van der Waals surface area contributed by atoms with Gasteiger partial charge in [0.15, 0.2) is 0 Å². The van der Waals surface area contributed by atoms with E-state index in [1.165, 1.54) is 0 Å². The fraction of sp³-hybridized carbons (Fsp3) is 0.125. The van der Waals surface area contributed by atoms with Crippen molar-refractivity contribution in [3.8, 4) is 23.3 Å². The van der Waals surface area contributed by atoms with E-state index in [-0.39, 0.29) is 0 Å². The predicted octanol–water partition coefficient (Wildman–Crippen LogP) is 3.71. The maximum Gasteiger partial charge on any atom is 0.0994 e. The minimum absolute atomic E-state index is 0.698. The number of nitrogens with zero attached hydrogens (tertiary/aromatic N) is 2. The predicted molar refractivity (Wildman–Crippen MR) is 70.8 cm³/mol. The lowest BCUT2D eigenvalue weighted by molar-refractivity contribution is 1.37. The van der Waals surface area contributed by atoms with E-state index in [0.29, 0.717) is 11.1 Å². The summed E-state index contributed by atoms with van der Waals surface area (Å²) in [6.07, 6.45) is 0. The van der Waals surface area contributed by atoms with Gasteiger partial charge in [-0.3, -0.25) is 0 Å². The van der Waals surface area contributed by atoms with Crippen molar-refractivity contribution in [2.75, 3.05) is 0 Å². The van der Waals surface area contributed by atoms with Crippen molar-refractivity contribution < 1.29 is 0 Å². The molecule has 0 saturated carbocycles. The van der Waals surface area contributed by atoms with Crippen LogP contribution < -0.4 is 0 Å². The second-order valence-electron chi connectivity index (χ2n) is 4.28. The van der Waals surface area contributed by atoms with Crippen LogP contribution in [0.4, 0.5) is 0 Å². The molecule has 0 aliphatic heterocycles. The SMILES string of the molecule is Cc1cc(-c2ccc(C#N)c(C)c2)ccc1C#N. The molecule has 0 heterocycles. The Labute approximate surface area is 107 Å². The van der Waals surface area contributed by atoms with Gasteiger partial charge in [0.25, 0.3) is 0 Å². The van der Waals surface area contributed by atoms with Crippen molar-refractivity contribution in [3.63, 3.8) is 0 Å². The van der Waals surface area contributed by atoms with E-state index in [9.17, 15) is 0 Å². The molecule has 0 saturated heterocycles. The van der Waals surface area contributed by atoms with Gasteiger partial charge in [0.1, 0.15) is 0 Å². The minimum atomic E-state index is 0.698. The standard InChI is InChI=1S/C16H12N2/c1-11-7-13(3-5-15(11)9-17)14-4-6-16(10-18)12(2)8-14/h3-8H,1-2H3. The first-order chi connectivity index (χ1) is 8.65. The first kappa shape index (κ1) is 11.9. The first-order valence-corrected chi connectivity index (χ1v) is 5.67. The Morgan fingerprint density at radius 3 is 1.39 bits per heavy atom. The second-order valence-corrected chi connectivity index (χ2v) is 4.28. The molecule has 0 aliphatic carbocycles. The Morgan fingerprint density at radius 1 is 0.722 bits per heavy atom. The molecule has 0 atom stereocenters. The van der Waals surface area contributed by atoms with E-state index in [2.05, 4.69) is 12.1 Å². The Kier molecular flexibility index (Phi) is 3.13. The van der Waals surface area contributed by atoms with E-state index < -0.39 is 0 Å². The average molecular weight is 232 g/mol. The molecule has 0 fully saturated rings. The van der Waals surface area contributed by atoms with Crippen molar-refractivity contribution in [2.24, 2.45) is 0 Å². The highest BCUT2D eigenvalue weighted by atomic mass is 14.2. The molecule has 2 rings (SSSR count). The van der Waals surface area contributed by atoms with Gasteiger partial charge in [-0.05, 0) is 48.2 Å². The summed E-state index contributed by atoms with van der Waals surface area (Å²) in [7, 11) is 0. The van der Waals surface area contributed by atoms with Crippen molar-refractivity contribution >= 4 is 0 Å². The van der Waals surface area contributed by atoms with E-state index >= 15 is 0 Å². The monoisotopic (exact) mass is 232 g/mol. The molecule has 2 heteroatoms. The van der Waals surface area contributed by atoms with Gasteiger partial charge < -0.3 is 0 Å². The fourth-order valence-electron chi connectivity index (χ4n) is 1.94. The van der Waals surface area contributed by atoms with E-state index in [1.54, 1.807) is 0 Å². The molecule has 0 radical (unpaired) electrons. The summed E-state index contributed by atoms with van der Waals surface area (Å²) >= 11 is 0. The smallest absolute Gasteiger partial charge is 0.0994 e. The van der Waals surface area contributed by atoms with E-state index in [1.807, 2.05) is 50.2 Å². The molecule has 18 heavy (non-hydrogen) atoms. The Bertz CT molecular complexity index is 624. The summed E-state index contributed by atoms with van der Waals surface area (Å²) in [6, 6.07) is 15.9. The summed E-state index contributed by atoms with van der Waals surface area (Å²) in [5.41, 5.74) is 5.47. The van der Waals surface area contributed by atoms with Crippen LogP contribution in [0.5, 0.6) is 0 Å². The second kappa shape index (κ2) is 4.73. The highest BCUT2D eigenvalue weighted by Crippen LogP contribution is 2.24. The maximum atomic E-state index is 8.91. The fourth-order valence-corrected chi connectivity index (χ4v) is 1.94. The van der Waals surface area contributed by atoms with Gasteiger partial charge in [-0.25, -0.2) is 0 Å². The lowest BCUT2D eigenvalue weighted by Crippen LogP contribution is -1.87. The van der Waals surface area contributed by atoms with Crippen LogP contribution in [0.25, 0.3) is 11.1 Å². The molecule has 0 amide bonds. The molecule has 2 aromatic carbocycles. The molecule has 0 bridgehead atoms. The number of nitriles is 2. The topological polar surface area (TPSA) is 47.6 Å². The summed E-state index contributed by atoms with van der Waals surface area (Å²) < 4.78 is 0. The number of aryl methyl sites for hydroxylation is 2. The van der Waals surface area contributed by atoms with Crippen LogP contribution in [0.2, 0.25) is 0 Å². The Morgan fingerprint density at radius 2 is 1.11 bits per heavy atom. The van der Waals surface area contributed by atoms with Gasteiger partial charge >= 0.3 is 0 Å². The third-order valence-corrected chi connectivity index (χ3v) is 3.03. The maximum absolute atomic E-state index is 8.91. The summed E-state index contributed by atoms with van der Waals surface area (Å²) in [6.45, 7) is 3.86. The zero-order valence-electron chi connectivity index (χ0n) is 10.4. The molecule has 0 N–H and O–H groups in total. The van der Waals surface area contributed by atoms with Crippen molar-refractivity contribution in [2.45, 2.75) is 13.8 Å². The number of rotatable bonds is 1. The minimum Gasteiger partial charge on any atom is -0.192 e. The van der Waals surface area contributed by atoms with Gasteiger partial charge in [-0.15, -0.1) is 0 Å². The molecule has 86 valence electrons. The largest absolute Gasteiger partial charge is 0.192 e. The van der Waals surface area contributed by atoms with Gasteiger partial charge in [0, 0.05) is 0 Å². The molecular formula is C16H12N2. The Balaban J connectivity index is 2.51. The molecule has 0 aliphatic rings. The van der Waals surface area contributed by atoms with Gasteiger partial charge in [-0.1, -0.05) is 24.3 Å². The van der Waals surface area contributed by atoms with Crippen LogP contribution in [0.1, 0.15) is 22.3 Å². The van der Waals surface area contributed by atoms with Crippen LogP contribution in [-0.2, 0) is 0 Å². The van der Waals surface area contributed by atoms with Crippen LogP contribution in [0, 0.1) is 36.5 Å². The number of hydrogen-bond acceptors (Lipinski definition) is 2. The zero-order chi connectivity index (χ0) is 13.1. The van der Waals surface area contributed by atoms with Crippen molar-refractivity contribution in [3.05, 3.63) is 58.7 Å². The number of benzene rings is 2. The molecule has 0 aromatic heterocycles. The van der Waals surface area contributed by atoms with Gasteiger partial charge in [-0.2, -0.15) is 10.5 Å². The normalized spacial score (nSPS) is 9.56. The molecular weight excluding hydrogens is 220 g/mol. The zero-order valence-corrected chi connectivity index (χ0v) is 10.4. The van der Waals surface area contributed by atoms with Crippen LogP contribution in [0.15, 0.2) is 36.4 Å². The lowest BCUT2D eigenvalue weighted by Gasteiger charge is -2.06. The molecule has 2 nitrogen and oxygen atoms in total. The van der Waals surface area contributed by atoms with Crippen LogP contribution >= 0.6 is 0 Å². The van der Waals surface area contributed by atoms with Gasteiger partial charge in [0.05, 0.1) is 23.3 Å². The van der Waals surface area contributed by atoms with E-state index in [0.717, 1.165) is 22.3 Å². The highest BCUT2D eigenvalue weighted by molar-refractivity contribution is 5.67. The third-order valence-electron chi connectivity index (χ3n) is 3.03. The average Bonchev–Trinajstić information content (AvgIpc) is 2.38. The molecule has 2 aromatic rings. The number of hydrogen-bond donors (Lipinski definition) is 0. The first-order valence-electron chi connectivity index (χ1n) is 5.67. The van der Waals surface area contributed by atoms with Crippen molar-refractivity contribution in [1.82, 2.24) is 0 Å². The lowest BCUT2D eigenvalue weighted by atomic mass is 9.97. The van der Waals surface area contributed by atoms with Crippen molar-refractivity contribution in [1.29, 1.82) is 10.5 Å². The van der Waals surface area contributed by atoms with E-state index in [4.69, 9.17) is 10.5 Å². The summed E-state index contributed by atoms with van der Waals surface area (Å²) in [4.78, 5) is 0. The third kappa shape index (κ3) is 2.10. The van der Waals surface area contributed by atoms with Crippen LogP contribution in [0.3, 0.4) is 0 Å². The van der Waals surface area contributed by atoms with Crippen LogP contribution in [-0.4, -0.2) is 0 Å². The Hall–Kier alpha value is -2.58. The summed E-state index contributed by atoms with van der Waals surface area (Å²) in [5.74, 6) is 0. The highest BCUT2D eigenvalue weighted by Gasteiger charge is 2.04.